The van der Waals surface area contributed by atoms with Crippen molar-refractivity contribution in [3.05, 3.63) is 54.6 Å². The first kappa shape index (κ1) is 13.7. The lowest BCUT2D eigenvalue weighted by Crippen LogP contribution is -2.06. The van der Waals surface area contributed by atoms with Crippen molar-refractivity contribution in [3.63, 3.8) is 0 Å². The fraction of sp³-hybridized carbons (Fsp3) is 0.188. The summed E-state index contributed by atoms with van der Waals surface area (Å²) < 4.78 is 5.21. The molecule has 0 bridgehead atoms. The van der Waals surface area contributed by atoms with Crippen molar-refractivity contribution in [1.82, 2.24) is 0 Å². The Morgan fingerprint density at radius 2 is 1.63 bits per heavy atom. The van der Waals surface area contributed by atoms with Gasteiger partial charge < -0.3 is 4.74 Å². The molecule has 3 heteroatoms. The van der Waals surface area contributed by atoms with Crippen LogP contribution in [0.2, 0.25) is 0 Å². The van der Waals surface area contributed by atoms with Crippen molar-refractivity contribution in [1.29, 1.82) is 0 Å². The van der Waals surface area contributed by atoms with E-state index in [-0.39, 0.29) is 5.97 Å². The smallest absolute Gasteiger partial charge is 0.311 e. The molecular formula is C16H16O2S. The quantitative estimate of drug-likeness (QED) is 0.590. The monoisotopic (exact) mass is 272 g/mol. The summed E-state index contributed by atoms with van der Waals surface area (Å²) in [5, 5.41) is 0. The molecule has 0 fully saturated rings. The fourth-order valence-electron chi connectivity index (χ4n) is 1.59. The van der Waals surface area contributed by atoms with E-state index in [9.17, 15) is 4.79 Å². The van der Waals surface area contributed by atoms with Crippen LogP contribution in [0.5, 0.6) is 5.75 Å². The predicted molar refractivity (Wildman–Crippen MR) is 77.6 cm³/mol. The van der Waals surface area contributed by atoms with E-state index in [2.05, 4.69) is 12.1 Å². The highest BCUT2D eigenvalue weighted by atomic mass is 32.2. The number of rotatable bonds is 5. The van der Waals surface area contributed by atoms with Crippen LogP contribution >= 0.6 is 11.8 Å². The third-order valence-electron chi connectivity index (χ3n) is 2.49. The van der Waals surface area contributed by atoms with Crippen LogP contribution in [-0.4, -0.2) is 5.97 Å². The van der Waals surface area contributed by atoms with Crippen LogP contribution in [0.3, 0.4) is 0 Å². The van der Waals surface area contributed by atoms with E-state index in [4.69, 9.17) is 4.74 Å². The minimum Gasteiger partial charge on any atom is -0.427 e. The maximum absolute atomic E-state index is 11.4. The van der Waals surface area contributed by atoms with Gasteiger partial charge >= 0.3 is 5.97 Å². The van der Waals surface area contributed by atoms with Gasteiger partial charge in [0.2, 0.25) is 0 Å². The fourth-order valence-corrected chi connectivity index (χ4v) is 2.42. The molecular weight excluding hydrogens is 256 g/mol. The van der Waals surface area contributed by atoms with Crippen molar-refractivity contribution in [2.24, 2.45) is 0 Å². The second-order valence-corrected chi connectivity index (χ2v) is 5.26. The molecule has 0 saturated heterocycles. The molecule has 0 spiro atoms. The molecule has 0 atom stereocenters. The molecule has 98 valence electrons. The van der Waals surface area contributed by atoms with E-state index in [1.807, 2.05) is 49.4 Å². The summed E-state index contributed by atoms with van der Waals surface area (Å²) in [6.07, 6.45) is 1.27. The van der Waals surface area contributed by atoms with Crippen LogP contribution in [-0.2, 0) is 4.79 Å². The Morgan fingerprint density at radius 3 is 2.26 bits per heavy atom. The number of benzene rings is 2. The third-order valence-corrected chi connectivity index (χ3v) is 3.50. The van der Waals surface area contributed by atoms with E-state index in [0.717, 1.165) is 11.3 Å². The highest BCUT2D eigenvalue weighted by Crippen LogP contribution is 2.28. The maximum Gasteiger partial charge on any atom is 0.311 e. The normalized spacial score (nSPS) is 10.2. The van der Waals surface area contributed by atoms with Crippen molar-refractivity contribution in [3.8, 4) is 5.75 Å². The van der Waals surface area contributed by atoms with Crippen molar-refractivity contribution < 1.29 is 9.53 Å². The van der Waals surface area contributed by atoms with Gasteiger partial charge in [0.1, 0.15) is 5.75 Å². The van der Waals surface area contributed by atoms with Crippen LogP contribution in [0.4, 0.5) is 0 Å². The molecule has 0 amide bonds. The summed E-state index contributed by atoms with van der Waals surface area (Å²) in [6.45, 7) is 1.96. The Hall–Kier alpha value is -1.74. The molecule has 2 aromatic rings. The Labute approximate surface area is 117 Å². The summed E-state index contributed by atoms with van der Waals surface area (Å²) in [5.74, 6) is 0.432. The average molecular weight is 272 g/mol. The summed E-state index contributed by atoms with van der Waals surface area (Å²) in [6, 6.07) is 17.8. The van der Waals surface area contributed by atoms with E-state index in [0.29, 0.717) is 12.2 Å². The first-order valence-electron chi connectivity index (χ1n) is 6.31. The van der Waals surface area contributed by atoms with Gasteiger partial charge in [0.05, 0.1) is 0 Å². The van der Waals surface area contributed by atoms with E-state index < -0.39 is 0 Å². The molecule has 19 heavy (non-hydrogen) atoms. The molecule has 2 aromatic carbocycles. The lowest BCUT2D eigenvalue weighted by atomic mass is 10.3. The van der Waals surface area contributed by atoms with Crippen molar-refractivity contribution in [2.75, 3.05) is 0 Å². The minimum atomic E-state index is -0.175. The molecule has 0 aliphatic carbocycles. The average Bonchev–Trinajstić information content (AvgIpc) is 2.42. The first-order valence-corrected chi connectivity index (χ1v) is 7.13. The number of hydrogen-bond acceptors (Lipinski definition) is 3. The summed E-state index contributed by atoms with van der Waals surface area (Å²) in [4.78, 5) is 13.7. The molecule has 0 radical (unpaired) electrons. The summed E-state index contributed by atoms with van der Waals surface area (Å²) >= 11 is 1.68. The zero-order valence-corrected chi connectivity index (χ0v) is 11.7. The lowest BCUT2D eigenvalue weighted by Gasteiger charge is -2.05. The van der Waals surface area contributed by atoms with Crippen molar-refractivity contribution >= 4 is 17.7 Å². The molecule has 0 aromatic heterocycles. The maximum atomic E-state index is 11.4. The molecule has 0 aliphatic heterocycles. The molecule has 0 N–H and O–H groups in total. The van der Waals surface area contributed by atoms with Crippen LogP contribution in [0, 0.1) is 0 Å². The largest absolute Gasteiger partial charge is 0.427 e. The molecule has 0 heterocycles. The number of esters is 1. The molecule has 2 rings (SSSR count). The SMILES string of the molecule is CCCC(=O)Oc1ccc(Sc2ccccc2)cc1. The Bertz CT molecular complexity index is 520. The predicted octanol–water partition coefficient (Wildman–Crippen LogP) is 4.54. The van der Waals surface area contributed by atoms with E-state index >= 15 is 0 Å². The molecule has 2 nitrogen and oxygen atoms in total. The van der Waals surface area contributed by atoms with Gasteiger partial charge in [0, 0.05) is 16.2 Å². The number of carbonyl (C=O) groups excluding carboxylic acids is 1. The van der Waals surface area contributed by atoms with Crippen LogP contribution in [0.1, 0.15) is 19.8 Å². The summed E-state index contributed by atoms with van der Waals surface area (Å²) in [7, 11) is 0. The second-order valence-electron chi connectivity index (χ2n) is 4.11. The van der Waals surface area contributed by atoms with Gasteiger partial charge in [-0.3, -0.25) is 4.79 Å². The van der Waals surface area contributed by atoms with E-state index in [1.165, 1.54) is 4.90 Å². The zero-order chi connectivity index (χ0) is 13.5. The number of ether oxygens (including phenoxy) is 1. The highest BCUT2D eigenvalue weighted by molar-refractivity contribution is 7.99. The Balaban J connectivity index is 1.97. The van der Waals surface area contributed by atoms with Crippen LogP contribution in [0.25, 0.3) is 0 Å². The van der Waals surface area contributed by atoms with Gasteiger partial charge in [-0.2, -0.15) is 0 Å². The number of carbonyl (C=O) groups is 1. The van der Waals surface area contributed by atoms with Gasteiger partial charge in [-0.1, -0.05) is 36.9 Å². The minimum absolute atomic E-state index is 0.175. The Kier molecular flexibility index (Phi) is 5.04. The highest BCUT2D eigenvalue weighted by Gasteiger charge is 2.03. The van der Waals surface area contributed by atoms with Crippen LogP contribution < -0.4 is 4.74 Å². The van der Waals surface area contributed by atoms with Gasteiger partial charge in [-0.25, -0.2) is 0 Å². The topological polar surface area (TPSA) is 26.3 Å². The van der Waals surface area contributed by atoms with Crippen LogP contribution in [0.15, 0.2) is 64.4 Å². The first-order chi connectivity index (χ1) is 9.28. The van der Waals surface area contributed by atoms with Gasteiger partial charge in [-0.05, 0) is 42.8 Å². The third kappa shape index (κ3) is 4.45. The van der Waals surface area contributed by atoms with Gasteiger partial charge in [0.15, 0.2) is 0 Å². The van der Waals surface area contributed by atoms with Crippen molar-refractivity contribution in [2.45, 2.75) is 29.6 Å². The Morgan fingerprint density at radius 1 is 1.00 bits per heavy atom. The summed E-state index contributed by atoms with van der Waals surface area (Å²) in [5.41, 5.74) is 0. The molecule has 0 unspecified atom stereocenters. The second kappa shape index (κ2) is 7.00. The zero-order valence-electron chi connectivity index (χ0n) is 10.8. The van der Waals surface area contributed by atoms with Gasteiger partial charge in [0.25, 0.3) is 0 Å². The standard InChI is InChI=1S/C16H16O2S/c1-2-6-16(17)18-13-9-11-15(12-10-13)19-14-7-4-3-5-8-14/h3-5,7-12H,2,6H2,1H3. The van der Waals surface area contributed by atoms with Gasteiger partial charge in [-0.15, -0.1) is 0 Å². The molecule has 0 saturated carbocycles. The number of hydrogen-bond donors (Lipinski definition) is 0. The lowest BCUT2D eigenvalue weighted by molar-refractivity contribution is -0.134. The van der Waals surface area contributed by atoms with E-state index in [1.54, 1.807) is 11.8 Å². The molecule has 0 aliphatic rings.